The highest BCUT2D eigenvalue weighted by Gasteiger charge is 2.23. The summed E-state index contributed by atoms with van der Waals surface area (Å²) in [5.74, 6) is 0.441. The first-order chi connectivity index (χ1) is 12.7. The lowest BCUT2D eigenvalue weighted by molar-refractivity contribution is -0.127. The molecule has 2 aromatic rings. The number of methoxy groups -OCH3 is 1. The molecule has 3 rings (SSSR count). The lowest BCUT2D eigenvalue weighted by Gasteiger charge is -2.29. The number of nitrogens with zero attached hydrogens (tertiary/aromatic N) is 1. The minimum atomic E-state index is -0.230. The minimum Gasteiger partial charge on any atom is -0.497 e. The highest BCUT2D eigenvalue weighted by Crippen LogP contribution is 2.27. The van der Waals surface area contributed by atoms with Gasteiger partial charge in [0.1, 0.15) is 12.2 Å². The fraction of sp³-hybridized carbons (Fsp3) is 0.333. The summed E-state index contributed by atoms with van der Waals surface area (Å²) in [6, 6.07) is 15.7. The molecule has 0 saturated carbocycles. The van der Waals surface area contributed by atoms with Crippen LogP contribution in [0.25, 0.3) is 0 Å². The molecule has 0 spiro atoms. The van der Waals surface area contributed by atoms with Gasteiger partial charge in [-0.1, -0.05) is 30.3 Å². The number of carbonyl (C=O) groups excluding carboxylic acids is 2. The molecule has 2 amide bonds. The van der Waals surface area contributed by atoms with Crippen LogP contribution in [0.1, 0.15) is 24.0 Å². The van der Waals surface area contributed by atoms with Gasteiger partial charge in [0.25, 0.3) is 0 Å². The Balaban J connectivity index is 1.48. The van der Waals surface area contributed by atoms with E-state index < -0.39 is 0 Å². The lowest BCUT2D eigenvalue weighted by atomic mass is 10.0. The quantitative estimate of drug-likeness (QED) is 0.813. The molecule has 1 N–H and O–H groups in total. The molecule has 0 saturated heterocycles. The third-order valence-electron chi connectivity index (χ3n) is 4.62. The number of anilines is 1. The molecule has 0 unspecified atom stereocenters. The molecule has 0 atom stereocenters. The highest BCUT2D eigenvalue weighted by atomic mass is 16.5. The van der Waals surface area contributed by atoms with Gasteiger partial charge in [-0.05, 0) is 48.6 Å². The van der Waals surface area contributed by atoms with Crippen LogP contribution >= 0.6 is 0 Å². The van der Waals surface area contributed by atoms with Gasteiger partial charge in [0.05, 0.1) is 7.11 Å². The molecule has 5 nitrogen and oxygen atoms in total. The number of aryl methyl sites for hydroxylation is 1. The summed E-state index contributed by atoms with van der Waals surface area (Å²) in [5, 5.41) is 2.84. The molecular formula is C21H24N2O3. The Hall–Kier alpha value is -2.82. The molecule has 136 valence electrons. The zero-order valence-electron chi connectivity index (χ0n) is 15.0. The summed E-state index contributed by atoms with van der Waals surface area (Å²) < 4.78 is 5.13. The van der Waals surface area contributed by atoms with Crippen LogP contribution in [-0.4, -0.2) is 32.0 Å². The second-order valence-electron chi connectivity index (χ2n) is 6.40. The number of hydrogen-bond acceptors (Lipinski definition) is 3. The molecule has 1 heterocycles. The van der Waals surface area contributed by atoms with E-state index in [4.69, 9.17) is 4.74 Å². The summed E-state index contributed by atoms with van der Waals surface area (Å²) in [6.07, 6.45) is 2.52. The second kappa shape index (κ2) is 8.52. The van der Waals surface area contributed by atoms with Gasteiger partial charge in [0.15, 0.2) is 0 Å². The van der Waals surface area contributed by atoms with E-state index in [1.807, 2.05) is 48.5 Å². The molecule has 0 radical (unpaired) electrons. The van der Waals surface area contributed by atoms with Crippen LogP contribution in [0.5, 0.6) is 5.75 Å². The number of ether oxygens (including phenoxy) is 1. The molecule has 0 fully saturated rings. The molecule has 0 aliphatic carbocycles. The van der Waals surface area contributed by atoms with Gasteiger partial charge in [-0.25, -0.2) is 0 Å². The molecular weight excluding hydrogens is 328 g/mol. The summed E-state index contributed by atoms with van der Waals surface area (Å²) in [6.45, 7) is 1.18. The van der Waals surface area contributed by atoms with E-state index >= 15 is 0 Å². The van der Waals surface area contributed by atoms with Crippen molar-refractivity contribution in [2.75, 3.05) is 25.1 Å². The van der Waals surface area contributed by atoms with Crippen LogP contribution in [-0.2, 0) is 22.4 Å². The first-order valence-corrected chi connectivity index (χ1v) is 8.95. The Morgan fingerprint density at radius 1 is 1.12 bits per heavy atom. The number of hydrogen-bond donors (Lipinski definition) is 1. The first-order valence-electron chi connectivity index (χ1n) is 8.95. The molecule has 1 aliphatic heterocycles. The summed E-state index contributed by atoms with van der Waals surface area (Å²) >= 11 is 0. The lowest BCUT2D eigenvalue weighted by Crippen LogP contribution is -2.39. The summed E-state index contributed by atoms with van der Waals surface area (Å²) in [5.41, 5.74) is 3.23. The van der Waals surface area contributed by atoms with Gasteiger partial charge >= 0.3 is 0 Å². The Bertz CT molecular complexity index is 771. The van der Waals surface area contributed by atoms with Crippen molar-refractivity contribution in [2.24, 2.45) is 0 Å². The van der Waals surface area contributed by atoms with E-state index in [2.05, 4.69) is 5.32 Å². The number of carbonyl (C=O) groups is 2. The van der Waals surface area contributed by atoms with Crippen molar-refractivity contribution in [1.29, 1.82) is 0 Å². The van der Waals surface area contributed by atoms with Crippen LogP contribution in [0.4, 0.5) is 5.69 Å². The van der Waals surface area contributed by atoms with Crippen molar-refractivity contribution in [3.05, 3.63) is 59.7 Å². The van der Waals surface area contributed by atoms with E-state index in [9.17, 15) is 9.59 Å². The zero-order chi connectivity index (χ0) is 18.4. The Kier molecular flexibility index (Phi) is 5.89. The average Bonchev–Trinajstić information content (AvgIpc) is 2.68. The monoisotopic (exact) mass is 352 g/mol. The zero-order valence-corrected chi connectivity index (χ0v) is 15.0. The standard InChI is InChI=1S/C21H24N2O3/c1-26-18-10-8-16(9-11-18)12-13-22-20(24)15-21(25)23-14-4-6-17-5-2-3-7-19(17)23/h2-3,5,7-11H,4,6,12-15H2,1H3,(H,22,24). The molecule has 0 bridgehead atoms. The van der Waals surface area contributed by atoms with Gasteiger partial charge in [-0.3, -0.25) is 9.59 Å². The van der Waals surface area contributed by atoms with Crippen molar-refractivity contribution in [3.8, 4) is 5.75 Å². The molecule has 1 aliphatic rings. The van der Waals surface area contributed by atoms with Crippen molar-refractivity contribution >= 4 is 17.5 Å². The number of amides is 2. The molecule has 26 heavy (non-hydrogen) atoms. The number of fused-ring (bicyclic) bond motifs is 1. The van der Waals surface area contributed by atoms with Gasteiger partial charge in [0, 0.05) is 18.8 Å². The summed E-state index contributed by atoms with van der Waals surface area (Å²) in [4.78, 5) is 26.4. The second-order valence-corrected chi connectivity index (χ2v) is 6.40. The van der Waals surface area contributed by atoms with Crippen LogP contribution in [0, 0.1) is 0 Å². The number of nitrogens with one attached hydrogen (secondary N) is 1. The predicted molar refractivity (Wildman–Crippen MR) is 101 cm³/mol. The largest absolute Gasteiger partial charge is 0.497 e. The van der Waals surface area contributed by atoms with Crippen LogP contribution < -0.4 is 15.0 Å². The Morgan fingerprint density at radius 2 is 1.88 bits per heavy atom. The van der Waals surface area contributed by atoms with Crippen LogP contribution in [0.2, 0.25) is 0 Å². The third-order valence-corrected chi connectivity index (χ3v) is 4.62. The van der Waals surface area contributed by atoms with E-state index in [0.717, 1.165) is 36.3 Å². The third kappa shape index (κ3) is 4.42. The Labute approximate surface area is 154 Å². The maximum Gasteiger partial charge on any atom is 0.236 e. The summed E-state index contributed by atoms with van der Waals surface area (Å²) in [7, 11) is 1.63. The van der Waals surface area contributed by atoms with Crippen molar-refractivity contribution < 1.29 is 14.3 Å². The average molecular weight is 352 g/mol. The highest BCUT2D eigenvalue weighted by molar-refractivity contribution is 6.05. The van der Waals surface area contributed by atoms with Gasteiger partial charge in [-0.2, -0.15) is 0 Å². The predicted octanol–water partition coefficient (Wildman–Crippen LogP) is 2.72. The van der Waals surface area contributed by atoms with E-state index in [1.54, 1.807) is 12.0 Å². The smallest absolute Gasteiger partial charge is 0.236 e. The maximum atomic E-state index is 12.5. The van der Waals surface area contributed by atoms with E-state index in [1.165, 1.54) is 5.56 Å². The molecule has 0 aromatic heterocycles. The molecule has 5 heteroatoms. The first kappa shape index (κ1) is 18.0. The Morgan fingerprint density at radius 3 is 2.65 bits per heavy atom. The number of benzene rings is 2. The number of para-hydroxylation sites is 1. The van der Waals surface area contributed by atoms with Crippen molar-refractivity contribution in [3.63, 3.8) is 0 Å². The van der Waals surface area contributed by atoms with Gasteiger partial charge in [0.2, 0.25) is 11.8 Å². The van der Waals surface area contributed by atoms with Crippen molar-refractivity contribution in [1.82, 2.24) is 5.32 Å². The SMILES string of the molecule is COc1ccc(CCNC(=O)CC(=O)N2CCCc3ccccc32)cc1. The topological polar surface area (TPSA) is 58.6 Å². The minimum absolute atomic E-state index is 0.114. The fourth-order valence-corrected chi connectivity index (χ4v) is 3.23. The van der Waals surface area contributed by atoms with Gasteiger partial charge < -0.3 is 15.0 Å². The normalized spacial score (nSPS) is 13.0. The fourth-order valence-electron chi connectivity index (χ4n) is 3.23. The number of rotatable bonds is 6. The maximum absolute atomic E-state index is 12.5. The van der Waals surface area contributed by atoms with Gasteiger partial charge in [-0.15, -0.1) is 0 Å². The van der Waals surface area contributed by atoms with Crippen LogP contribution in [0.15, 0.2) is 48.5 Å². The van der Waals surface area contributed by atoms with E-state index in [0.29, 0.717) is 13.1 Å². The van der Waals surface area contributed by atoms with E-state index in [-0.39, 0.29) is 18.2 Å². The van der Waals surface area contributed by atoms with Crippen molar-refractivity contribution in [2.45, 2.75) is 25.7 Å². The molecule has 2 aromatic carbocycles. The van der Waals surface area contributed by atoms with Crippen LogP contribution in [0.3, 0.4) is 0 Å².